The lowest BCUT2D eigenvalue weighted by Crippen LogP contribution is -2.14. The second-order valence-electron chi connectivity index (χ2n) is 3.00. The van der Waals surface area contributed by atoms with Crippen molar-refractivity contribution in [2.24, 2.45) is 0 Å². The predicted octanol–water partition coefficient (Wildman–Crippen LogP) is 1.36. The highest BCUT2D eigenvalue weighted by molar-refractivity contribution is 7.88. The van der Waals surface area contributed by atoms with E-state index < -0.39 is 10.1 Å². The van der Waals surface area contributed by atoms with Gasteiger partial charge in [0, 0.05) is 6.07 Å². The molecule has 1 fully saturated rings. The molecule has 0 atom stereocenters. The molecule has 0 spiro atoms. The van der Waals surface area contributed by atoms with Gasteiger partial charge in [-0.2, -0.15) is 8.42 Å². The van der Waals surface area contributed by atoms with Gasteiger partial charge in [-0.1, -0.05) is 18.2 Å². The predicted molar refractivity (Wildman–Crippen MR) is 47.8 cm³/mol. The molecule has 1 aliphatic rings. The van der Waals surface area contributed by atoms with Gasteiger partial charge in [0.15, 0.2) is 5.75 Å². The Balaban J connectivity index is 2.14. The van der Waals surface area contributed by atoms with E-state index in [0.717, 1.165) is 12.8 Å². The molecule has 0 heterocycles. The Morgan fingerprint density at radius 1 is 1.38 bits per heavy atom. The lowest BCUT2D eigenvalue weighted by atomic mass is 10.3. The quantitative estimate of drug-likeness (QED) is 0.687. The summed E-state index contributed by atoms with van der Waals surface area (Å²) in [7, 11) is -3.37. The summed E-state index contributed by atoms with van der Waals surface area (Å²) < 4.78 is 27.5. The third-order valence-electron chi connectivity index (χ3n) is 1.82. The van der Waals surface area contributed by atoms with Crippen LogP contribution in [0.5, 0.6) is 5.75 Å². The van der Waals surface area contributed by atoms with E-state index in [4.69, 9.17) is 4.18 Å². The van der Waals surface area contributed by atoms with Crippen LogP contribution in [0.25, 0.3) is 0 Å². The minimum Gasteiger partial charge on any atom is -0.382 e. The third-order valence-corrected chi connectivity index (χ3v) is 3.52. The zero-order valence-electron chi connectivity index (χ0n) is 6.93. The van der Waals surface area contributed by atoms with Crippen molar-refractivity contribution >= 4 is 10.1 Å². The maximum Gasteiger partial charge on any atom is 0.312 e. The average Bonchev–Trinajstić information content (AvgIpc) is 2.87. The molecule has 0 bridgehead atoms. The summed E-state index contributed by atoms with van der Waals surface area (Å²) in [6, 6.07) is 9.39. The van der Waals surface area contributed by atoms with Crippen molar-refractivity contribution in [1.82, 2.24) is 0 Å². The molecule has 0 N–H and O–H groups in total. The molecular weight excluding hydrogens is 188 g/mol. The molecule has 13 heavy (non-hydrogen) atoms. The summed E-state index contributed by atoms with van der Waals surface area (Å²) in [6.45, 7) is 0. The fourth-order valence-electron chi connectivity index (χ4n) is 0.979. The molecule has 0 saturated heterocycles. The van der Waals surface area contributed by atoms with E-state index in [0.29, 0.717) is 0 Å². The van der Waals surface area contributed by atoms with Gasteiger partial charge in [0.2, 0.25) is 0 Å². The van der Waals surface area contributed by atoms with Gasteiger partial charge in [-0.05, 0) is 18.9 Å². The number of para-hydroxylation sites is 1. The number of hydrogen-bond donors (Lipinski definition) is 0. The zero-order chi connectivity index (χ0) is 9.31. The van der Waals surface area contributed by atoms with Crippen LogP contribution in [0.1, 0.15) is 12.8 Å². The summed E-state index contributed by atoms with van der Waals surface area (Å²) in [5.74, 6) is 0.273. The lowest BCUT2D eigenvalue weighted by Gasteiger charge is -2.03. The first kappa shape index (κ1) is 8.56. The minimum atomic E-state index is -3.37. The van der Waals surface area contributed by atoms with Crippen molar-refractivity contribution in [2.45, 2.75) is 18.1 Å². The number of rotatable bonds is 3. The van der Waals surface area contributed by atoms with Crippen molar-refractivity contribution < 1.29 is 12.6 Å². The third kappa shape index (κ3) is 2.01. The van der Waals surface area contributed by atoms with Crippen LogP contribution in [-0.4, -0.2) is 13.7 Å². The van der Waals surface area contributed by atoms with Gasteiger partial charge in [-0.3, -0.25) is 0 Å². The fraction of sp³-hybridized carbons (Fsp3) is 0.333. The molecule has 0 aliphatic heterocycles. The molecule has 4 heteroatoms. The molecule has 0 aromatic heterocycles. The first-order valence-electron chi connectivity index (χ1n) is 4.08. The first-order valence-corrected chi connectivity index (χ1v) is 5.56. The van der Waals surface area contributed by atoms with E-state index in [9.17, 15) is 8.42 Å². The van der Waals surface area contributed by atoms with Crippen LogP contribution >= 0.6 is 0 Å². The van der Waals surface area contributed by atoms with Crippen LogP contribution in [0.4, 0.5) is 0 Å². The Labute approximate surface area is 77.5 Å². The Kier molecular flexibility index (Phi) is 2.00. The summed E-state index contributed by atoms with van der Waals surface area (Å²) in [5.41, 5.74) is 0. The topological polar surface area (TPSA) is 43.4 Å². The van der Waals surface area contributed by atoms with Crippen LogP contribution < -0.4 is 4.18 Å². The first-order chi connectivity index (χ1) is 6.18. The highest BCUT2D eigenvalue weighted by Gasteiger charge is 2.37. The zero-order valence-corrected chi connectivity index (χ0v) is 7.75. The van der Waals surface area contributed by atoms with Crippen LogP contribution in [0, 0.1) is 6.07 Å². The lowest BCUT2D eigenvalue weighted by molar-refractivity contribution is 0.484. The van der Waals surface area contributed by atoms with E-state index in [1.54, 1.807) is 24.3 Å². The van der Waals surface area contributed by atoms with E-state index in [-0.39, 0.29) is 11.0 Å². The normalized spacial score (nSPS) is 16.9. The highest BCUT2D eigenvalue weighted by atomic mass is 32.2. The van der Waals surface area contributed by atoms with Crippen molar-refractivity contribution in [3.8, 4) is 5.75 Å². The summed E-state index contributed by atoms with van der Waals surface area (Å²) in [4.78, 5) is 0. The van der Waals surface area contributed by atoms with Gasteiger partial charge in [-0.25, -0.2) is 0 Å². The molecule has 1 aromatic carbocycles. The average molecular weight is 197 g/mol. The summed E-state index contributed by atoms with van der Waals surface area (Å²) >= 11 is 0. The maximum atomic E-state index is 11.3. The van der Waals surface area contributed by atoms with Crippen molar-refractivity contribution in [1.29, 1.82) is 0 Å². The van der Waals surface area contributed by atoms with Crippen LogP contribution in [0.2, 0.25) is 0 Å². The molecule has 1 aliphatic carbocycles. The van der Waals surface area contributed by atoms with Crippen LogP contribution in [-0.2, 0) is 10.1 Å². The van der Waals surface area contributed by atoms with E-state index in [1.807, 2.05) is 0 Å². The van der Waals surface area contributed by atoms with Crippen molar-refractivity contribution in [3.63, 3.8) is 0 Å². The van der Waals surface area contributed by atoms with E-state index >= 15 is 0 Å². The smallest absolute Gasteiger partial charge is 0.312 e. The second kappa shape index (κ2) is 3.03. The van der Waals surface area contributed by atoms with Gasteiger partial charge in [0.05, 0.1) is 5.25 Å². The Bertz CT molecular complexity index is 379. The molecule has 2 rings (SSSR count). The highest BCUT2D eigenvalue weighted by Crippen LogP contribution is 2.30. The largest absolute Gasteiger partial charge is 0.382 e. The monoisotopic (exact) mass is 197 g/mol. The molecule has 3 nitrogen and oxygen atoms in total. The van der Waals surface area contributed by atoms with Gasteiger partial charge in [0.1, 0.15) is 0 Å². The molecule has 0 unspecified atom stereocenters. The number of benzene rings is 1. The summed E-state index contributed by atoms with van der Waals surface area (Å²) in [6.07, 6.45) is 1.43. The molecule has 69 valence electrons. The van der Waals surface area contributed by atoms with Crippen molar-refractivity contribution in [3.05, 3.63) is 30.3 Å². The van der Waals surface area contributed by atoms with E-state index in [1.165, 1.54) is 0 Å². The second-order valence-corrected chi connectivity index (χ2v) is 4.82. The van der Waals surface area contributed by atoms with Gasteiger partial charge < -0.3 is 4.18 Å². The Morgan fingerprint density at radius 2 is 2.15 bits per heavy atom. The van der Waals surface area contributed by atoms with Crippen molar-refractivity contribution in [2.75, 3.05) is 0 Å². The molecule has 0 amide bonds. The Morgan fingerprint density at radius 3 is 2.69 bits per heavy atom. The van der Waals surface area contributed by atoms with E-state index in [2.05, 4.69) is 6.07 Å². The molecular formula is C9H9O3S. The van der Waals surface area contributed by atoms with Crippen LogP contribution in [0.15, 0.2) is 24.3 Å². The maximum absolute atomic E-state index is 11.3. The van der Waals surface area contributed by atoms with Gasteiger partial charge >= 0.3 is 10.1 Å². The fourth-order valence-corrected chi connectivity index (χ4v) is 2.18. The summed E-state index contributed by atoms with van der Waals surface area (Å²) in [5, 5.41) is -0.291. The van der Waals surface area contributed by atoms with Crippen LogP contribution in [0.3, 0.4) is 0 Å². The molecule has 1 radical (unpaired) electrons. The van der Waals surface area contributed by atoms with Gasteiger partial charge in [-0.15, -0.1) is 0 Å². The Hall–Kier alpha value is -1.03. The van der Waals surface area contributed by atoms with Gasteiger partial charge in [0.25, 0.3) is 0 Å². The molecule has 1 saturated carbocycles. The minimum absolute atomic E-state index is 0.273. The number of hydrogen-bond acceptors (Lipinski definition) is 3. The molecule has 1 aromatic rings. The standard InChI is InChI=1S/C9H9O3S/c10-13(11,9-6-7-9)12-8-4-2-1-3-5-8/h1-4,9H,6-7H2. The SMILES string of the molecule is O=S(=O)(Oc1[c]cccc1)C1CC1.